The highest BCUT2D eigenvalue weighted by atomic mass is 35.5. The Morgan fingerprint density at radius 2 is 1.89 bits per heavy atom. The summed E-state index contributed by atoms with van der Waals surface area (Å²) in [7, 11) is 0. The number of halogens is 1. The van der Waals surface area contributed by atoms with Gasteiger partial charge in [-0.05, 0) is 31.0 Å². The zero-order valence-electron chi connectivity index (χ0n) is 15.6. The Morgan fingerprint density at radius 1 is 1.18 bits per heavy atom. The number of amides is 1. The van der Waals surface area contributed by atoms with Crippen molar-refractivity contribution in [1.29, 1.82) is 0 Å². The maximum absolute atomic E-state index is 13.4. The molecular weight excluding hydrogens is 374 g/mol. The summed E-state index contributed by atoms with van der Waals surface area (Å²) in [5, 5.41) is 4.66. The molecule has 1 saturated heterocycles. The number of carbonyl (C=O) groups excluding carboxylic acids is 1. The number of hydrogen-bond acceptors (Lipinski definition) is 4. The second-order valence-corrected chi connectivity index (χ2v) is 7.57. The van der Waals surface area contributed by atoms with Crippen LogP contribution in [0, 0.1) is 12.8 Å². The topological polar surface area (TPSA) is 72.4 Å². The summed E-state index contributed by atoms with van der Waals surface area (Å²) in [6.07, 6.45) is 0. The Labute approximate surface area is 169 Å². The maximum atomic E-state index is 13.4. The van der Waals surface area contributed by atoms with Crippen LogP contribution in [0.3, 0.4) is 0 Å². The number of likely N-dealkylation sites (tertiary alicyclic amines) is 1. The first kappa shape index (κ1) is 18.7. The van der Waals surface area contributed by atoms with Crippen LogP contribution in [0.4, 0.5) is 0 Å². The van der Waals surface area contributed by atoms with E-state index in [1.54, 1.807) is 13.0 Å². The highest BCUT2D eigenvalue weighted by molar-refractivity contribution is 6.33. The Hall–Kier alpha value is -2.63. The molecule has 28 heavy (non-hydrogen) atoms. The zero-order chi connectivity index (χ0) is 19.7. The van der Waals surface area contributed by atoms with E-state index in [9.17, 15) is 4.79 Å². The van der Waals surface area contributed by atoms with Crippen LogP contribution in [-0.2, 0) is 0 Å². The number of hydrogen-bond donors (Lipinski definition) is 1. The van der Waals surface area contributed by atoms with Crippen molar-refractivity contribution in [2.75, 3.05) is 19.6 Å². The number of benzene rings is 2. The second kappa shape index (κ2) is 7.78. The Morgan fingerprint density at radius 3 is 2.61 bits per heavy atom. The summed E-state index contributed by atoms with van der Waals surface area (Å²) < 4.78 is 5.37. The minimum atomic E-state index is -0.0921. The second-order valence-electron chi connectivity index (χ2n) is 7.17. The molecule has 144 valence electrons. The van der Waals surface area contributed by atoms with Gasteiger partial charge in [0.25, 0.3) is 5.91 Å². The standard InChI is InChI=1S/C22H22ClN3O2/c1-14-20(21(25-28-14)17-9-5-6-10-19(17)23)22(27)26-12-16(11-24)18(13-26)15-7-3-2-4-8-15/h2-10,16,18H,11-13,24H2,1H3/t16-,18+/m1/s1. The van der Waals surface area contributed by atoms with Crippen molar-refractivity contribution in [2.24, 2.45) is 11.7 Å². The minimum Gasteiger partial charge on any atom is -0.360 e. The highest BCUT2D eigenvalue weighted by Gasteiger charge is 2.37. The van der Waals surface area contributed by atoms with Crippen LogP contribution < -0.4 is 5.73 Å². The minimum absolute atomic E-state index is 0.0921. The molecule has 1 aliphatic rings. The third-order valence-corrected chi connectivity index (χ3v) is 5.79. The molecule has 3 aromatic rings. The number of nitrogens with two attached hydrogens (primary N) is 1. The Bertz CT molecular complexity index is 986. The molecule has 1 aromatic heterocycles. The van der Waals surface area contributed by atoms with E-state index < -0.39 is 0 Å². The van der Waals surface area contributed by atoms with E-state index in [0.29, 0.717) is 47.2 Å². The van der Waals surface area contributed by atoms with Crippen LogP contribution in [0.5, 0.6) is 0 Å². The molecule has 0 spiro atoms. The zero-order valence-corrected chi connectivity index (χ0v) is 16.4. The Balaban J connectivity index is 1.66. The largest absolute Gasteiger partial charge is 0.360 e. The van der Waals surface area contributed by atoms with Gasteiger partial charge >= 0.3 is 0 Å². The van der Waals surface area contributed by atoms with Crippen LogP contribution in [0.15, 0.2) is 59.1 Å². The molecule has 0 saturated carbocycles. The van der Waals surface area contributed by atoms with Crippen molar-refractivity contribution in [3.8, 4) is 11.3 Å². The summed E-state index contributed by atoms with van der Waals surface area (Å²) in [4.78, 5) is 15.3. The molecule has 0 bridgehead atoms. The van der Waals surface area contributed by atoms with Crippen molar-refractivity contribution >= 4 is 17.5 Å². The molecule has 2 aromatic carbocycles. The molecule has 2 N–H and O–H groups in total. The fraction of sp³-hybridized carbons (Fsp3) is 0.273. The molecule has 0 unspecified atom stereocenters. The van der Waals surface area contributed by atoms with Gasteiger partial charge in [0.1, 0.15) is 17.0 Å². The van der Waals surface area contributed by atoms with E-state index in [1.807, 2.05) is 41.3 Å². The lowest BCUT2D eigenvalue weighted by Gasteiger charge is -2.17. The molecule has 4 rings (SSSR count). The lowest BCUT2D eigenvalue weighted by molar-refractivity contribution is 0.0785. The van der Waals surface area contributed by atoms with Gasteiger partial charge in [0.2, 0.25) is 0 Å². The fourth-order valence-corrected chi connectivity index (χ4v) is 4.20. The molecular formula is C22H22ClN3O2. The quantitative estimate of drug-likeness (QED) is 0.721. The van der Waals surface area contributed by atoms with E-state index in [1.165, 1.54) is 5.56 Å². The highest BCUT2D eigenvalue weighted by Crippen LogP contribution is 2.36. The number of aromatic nitrogens is 1. The average molecular weight is 396 g/mol. The summed E-state index contributed by atoms with van der Waals surface area (Å²) in [5.74, 6) is 0.840. The number of carbonyl (C=O) groups is 1. The summed E-state index contributed by atoms with van der Waals surface area (Å²) in [5.41, 5.74) is 8.89. The SMILES string of the molecule is Cc1onc(-c2ccccc2Cl)c1C(=O)N1C[C@@H](CN)[C@H](c2ccccc2)C1. The van der Waals surface area contributed by atoms with Gasteiger partial charge in [-0.25, -0.2) is 0 Å². The van der Waals surface area contributed by atoms with Crippen molar-refractivity contribution in [3.05, 3.63) is 76.5 Å². The van der Waals surface area contributed by atoms with Gasteiger partial charge in [0.15, 0.2) is 0 Å². The van der Waals surface area contributed by atoms with Gasteiger partial charge in [-0.15, -0.1) is 0 Å². The van der Waals surface area contributed by atoms with Gasteiger partial charge in [-0.1, -0.05) is 65.3 Å². The van der Waals surface area contributed by atoms with Crippen LogP contribution in [0.2, 0.25) is 5.02 Å². The molecule has 2 atom stereocenters. The molecule has 1 aliphatic heterocycles. The van der Waals surface area contributed by atoms with E-state index >= 15 is 0 Å². The third-order valence-electron chi connectivity index (χ3n) is 5.46. The van der Waals surface area contributed by atoms with Gasteiger partial charge in [-0.3, -0.25) is 4.79 Å². The average Bonchev–Trinajstić information content (AvgIpc) is 3.32. The summed E-state index contributed by atoms with van der Waals surface area (Å²) in [6, 6.07) is 17.6. The van der Waals surface area contributed by atoms with E-state index in [2.05, 4.69) is 17.3 Å². The molecule has 2 heterocycles. The lowest BCUT2D eigenvalue weighted by Crippen LogP contribution is -2.30. The first-order chi connectivity index (χ1) is 13.6. The van der Waals surface area contributed by atoms with Crippen LogP contribution >= 0.6 is 11.6 Å². The smallest absolute Gasteiger partial charge is 0.259 e. The number of aryl methyl sites for hydroxylation is 1. The van der Waals surface area contributed by atoms with Crippen LogP contribution in [-0.4, -0.2) is 35.6 Å². The van der Waals surface area contributed by atoms with E-state index in [-0.39, 0.29) is 17.7 Å². The van der Waals surface area contributed by atoms with Crippen molar-refractivity contribution < 1.29 is 9.32 Å². The van der Waals surface area contributed by atoms with E-state index in [0.717, 1.165) is 0 Å². The monoisotopic (exact) mass is 395 g/mol. The summed E-state index contributed by atoms with van der Waals surface area (Å²) in [6.45, 7) is 3.52. The Kier molecular flexibility index (Phi) is 5.20. The molecule has 1 amide bonds. The molecule has 1 fully saturated rings. The van der Waals surface area contributed by atoms with Gasteiger partial charge in [0.05, 0.1) is 5.02 Å². The first-order valence-corrected chi connectivity index (χ1v) is 9.73. The third kappa shape index (κ3) is 3.32. The van der Waals surface area contributed by atoms with Crippen molar-refractivity contribution in [1.82, 2.24) is 10.1 Å². The predicted octanol–water partition coefficient (Wildman–Crippen LogP) is 4.12. The van der Waals surface area contributed by atoms with Crippen molar-refractivity contribution in [3.63, 3.8) is 0 Å². The van der Waals surface area contributed by atoms with E-state index in [4.69, 9.17) is 21.9 Å². The molecule has 0 aliphatic carbocycles. The summed E-state index contributed by atoms with van der Waals surface area (Å²) >= 11 is 6.33. The van der Waals surface area contributed by atoms with Gasteiger partial charge < -0.3 is 15.2 Å². The number of nitrogens with zero attached hydrogens (tertiary/aromatic N) is 2. The van der Waals surface area contributed by atoms with Crippen molar-refractivity contribution in [2.45, 2.75) is 12.8 Å². The first-order valence-electron chi connectivity index (χ1n) is 9.35. The van der Waals surface area contributed by atoms with Crippen LogP contribution in [0.25, 0.3) is 11.3 Å². The van der Waals surface area contributed by atoms with Crippen LogP contribution in [0.1, 0.15) is 27.6 Å². The lowest BCUT2D eigenvalue weighted by atomic mass is 9.89. The maximum Gasteiger partial charge on any atom is 0.259 e. The molecule has 5 nitrogen and oxygen atoms in total. The molecule has 6 heteroatoms. The van der Waals surface area contributed by atoms with Gasteiger partial charge in [0, 0.05) is 24.6 Å². The fourth-order valence-electron chi connectivity index (χ4n) is 3.97. The predicted molar refractivity (Wildman–Crippen MR) is 109 cm³/mol. The van der Waals surface area contributed by atoms with Gasteiger partial charge in [-0.2, -0.15) is 0 Å². The normalized spacial score (nSPS) is 19.2. The number of rotatable bonds is 4. The molecule has 0 radical (unpaired) electrons.